The highest BCUT2D eigenvalue weighted by Gasteiger charge is 2.37. The summed E-state index contributed by atoms with van der Waals surface area (Å²) in [5, 5.41) is 0. The van der Waals surface area contributed by atoms with Gasteiger partial charge in [0.2, 0.25) is 5.91 Å². The summed E-state index contributed by atoms with van der Waals surface area (Å²) in [4.78, 5) is 38.2. The molecule has 0 aromatic carbocycles. The zero-order valence-electron chi connectivity index (χ0n) is 13.6. The molecule has 0 aliphatic carbocycles. The highest BCUT2D eigenvalue weighted by molar-refractivity contribution is 6.32. The third-order valence-electron chi connectivity index (χ3n) is 3.36. The van der Waals surface area contributed by atoms with E-state index in [4.69, 9.17) is 0 Å². The molecule has 0 bridgehead atoms. The molecule has 9 heteroatoms. The first-order chi connectivity index (χ1) is 10.3. The first kappa shape index (κ1) is 19.2. The minimum Gasteiger partial charge on any atom is -0.449 e. The first-order valence-corrected chi connectivity index (χ1v) is 7.17. The second-order valence-electron chi connectivity index (χ2n) is 6.54. The van der Waals surface area contributed by atoms with Crippen LogP contribution in [0.3, 0.4) is 0 Å². The first-order valence-electron chi connectivity index (χ1n) is 7.17. The maximum Gasteiger partial charge on any atom is 0.422 e. The van der Waals surface area contributed by atoms with E-state index in [1.807, 2.05) is 0 Å². The predicted molar refractivity (Wildman–Crippen MR) is 74.2 cm³/mol. The lowest BCUT2D eigenvalue weighted by Gasteiger charge is -2.41. The number of piperazine rings is 1. The zero-order valence-corrected chi connectivity index (χ0v) is 13.6. The smallest absolute Gasteiger partial charge is 0.422 e. The van der Waals surface area contributed by atoms with Gasteiger partial charge < -0.3 is 14.5 Å². The molecular weight excluding hydrogens is 317 g/mol. The Balaban J connectivity index is 2.61. The maximum atomic E-state index is 12.3. The van der Waals surface area contributed by atoms with Gasteiger partial charge in [-0.2, -0.15) is 13.2 Å². The summed E-state index contributed by atoms with van der Waals surface area (Å²) in [6, 6.07) is -0.338. The molecule has 1 unspecified atom stereocenters. The number of hydrogen-bond donors (Lipinski definition) is 0. The van der Waals surface area contributed by atoms with E-state index in [2.05, 4.69) is 4.74 Å². The molecule has 1 rings (SSSR count). The van der Waals surface area contributed by atoms with Gasteiger partial charge in [0.05, 0.1) is 0 Å². The van der Waals surface area contributed by atoms with Gasteiger partial charge >= 0.3 is 18.1 Å². The van der Waals surface area contributed by atoms with Crippen LogP contribution in [0.5, 0.6) is 0 Å². The number of amides is 2. The van der Waals surface area contributed by atoms with Gasteiger partial charge in [-0.05, 0) is 6.92 Å². The van der Waals surface area contributed by atoms with Crippen LogP contribution in [-0.2, 0) is 19.1 Å². The van der Waals surface area contributed by atoms with Crippen molar-refractivity contribution in [3.63, 3.8) is 0 Å². The summed E-state index contributed by atoms with van der Waals surface area (Å²) >= 11 is 0. The van der Waals surface area contributed by atoms with Crippen molar-refractivity contribution in [1.29, 1.82) is 0 Å². The van der Waals surface area contributed by atoms with Crippen LogP contribution in [-0.4, -0.2) is 66.0 Å². The van der Waals surface area contributed by atoms with Gasteiger partial charge in [-0.3, -0.25) is 9.59 Å². The molecule has 132 valence electrons. The molecule has 1 aliphatic heterocycles. The van der Waals surface area contributed by atoms with E-state index in [0.717, 1.165) is 4.90 Å². The number of alkyl halides is 3. The zero-order chi connectivity index (χ0) is 18.0. The molecule has 1 atom stereocenters. The summed E-state index contributed by atoms with van der Waals surface area (Å²) < 4.78 is 39.9. The average molecular weight is 338 g/mol. The second kappa shape index (κ2) is 6.76. The van der Waals surface area contributed by atoms with E-state index in [-0.39, 0.29) is 31.6 Å². The third-order valence-corrected chi connectivity index (χ3v) is 3.36. The van der Waals surface area contributed by atoms with Crippen molar-refractivity contribution in [1.82, 2.24) is 9.80 Å². The summed E-state index contributed by atoms with van der Waals surface area (Å²) in [5.74, 6) is -2.74. The Labute approximate surface area is 132 Å². The van der Waals surface area contributed by atoms with Gasteiger partial charge in [0.15, 0.2) is 6.61 Å². The fourth-order valence-corrected chi connectivity index (χ4v) is 2.21. The van der Waals surface area contributed by atoms with Crippen molar-refractivity contribution < 1.29 is 32.3 Å². The lowest BCUT2D eigenvalue weighted by molar-refractivity contribution is -0.190. The maximum absolute atomic E-state index is 12.3. The summed E-state index contributed by atoms with van der Waals surface area (Å²) in [6.07, 6.45) is -4.68. The topological polar surface area (TPSA) is 66.9 Å². The Bertz CT molecular complexity index is 485. The molecule has 1 saturated heterocycles. The van der Waals surface area contributed by atoms with Crippen LogP contribution in [0.1, 0.15) is 27.7 Å². The average Bonchev–Trinajstić information content (AvgIpc) is 2.41. The Kier molecular flexibility index (Phi) is 5.65. The quantitative estimate of drug-likeness (QED) is 0.532. The third kappa shape index (κ3) is 5.40. The van der Waals surface area contributed by atoms with Crippen molar-refractivity contribution in [2.45, 2.75) is 39.9 Å². The van der Waals surface area contributed by atoms with Crippen LogP contribution in [0.25, 0.3) is 0 Å². The lowest BCUT2D eigenvalue weighted by atomic mass is 9.93. The number of halogens is 3. The van der Waals surface area contributed by atoms with Crippen molar-refractivity contribution in [2.75, 3.05) is 26.2 Å². The van der Waals surface area contributed by atoms with Gasteiger partial charge in [0.1, 0.15) is 0 Å². The highest BCUT2D eigenvalue weighted by Crippen LogP contribution is 2.21. The van der Waals surface area contributed by atoms with Crippen molar-refractivity contribution in [3.05, 3.63) is 0 Å². The second-order valence-corrected chi connectivity index (χ2v) is 6.54. The van der Waals surface area contributed by atoms with Gasteiger partial charge in [0, 0.05) is 31.1 Å². The minimum absolute atomic E-state index is 0.0712. The number of esters is 1. The highest BCUT2D eigenvalue weighted by atomic mass is 19.4. The van der Waals surface area contributed by atoms with Crippen LogP contribution in [0, 0.1) is 5.41 Å². The Hall–Kier alpha value is -1.80. The van der Waals surface area contributed by atoms with Crippen LogP contribution < -0.4 is 0 Å². The molecule has 23 heavy (non-hydrogen) atoms. The molecule has 0 aromatic rings. The van der Waals surface area contributed by atoms with Crippen molar-refractivity contribution >= 4 is 17.8 Å². The molecule has 0 spiro atoms. The van der Waals surface area contributed by atoms with Crippen molar-refractivity contribution in [3.8, 4) is 0 Å². The molecule has 0 saturated carbocycles. The summed E-state index contributed by atoms with van der Waals surface area (Å²) in [5.41, 5.74) is -0.577. The molecule has 6 nitrogen and oxygen atoms in total. The van der Waals surface area contributed by atoms with Crippen LogP contribution in [0.4, 0.5) is 13.2 Å². The molecular formula is C14H21F3N2O4. The summed E-state index contributed by atoms with van der Waals surface area (Å²) in [6.45, 7) is 5.60. The monoisotopic (exact) mass is 338 g/mol. The van der Waals surface area contributed by atoms with Crippen LogP contribution >= 0.6 is 0 Å². The fraction of sp³-hybridized carbons (Fsp3) is 0.786. The van der Waals surface area contributed by atoms with Crippen molar-refractivity contribution in [2.24, 2.45) is 5.41 Å². The predicted octanol–water partition coefficient (Wildman–Crippen LogP) is 1.20. The van der Waals surface area contributed by atoms with Gasteiger partial charge in [0.25, 0.3) is 0 Å². The molecule has 1 heterocycles. The van der Waals surface area contributed by atoms with Crippen LogP contribution in [0.15, 0.2) is 0 Å². The van der Waals surface area contributed by atoms with E-state index >= 15 is 0 Å². The Morgan fingerprint density at radius 2 is 1.70 bits per heavy atom. The standard InChI is InChI=1S/C14H21F3N2O4/c1-9-7-18(5-6-19(9)12(22)13(2,3)4)10(20)11(21)23-8-14(15,16)17/h9H,5-8H2,1-4H3. The lowest BCUT2D eigenvalue weighted by Crippen LogP contribution is -2.58. The van der Waals surface area contributed by atoms with E-state index in [1.165, 1.54) is 0 Å². The largest absolute Gasteiger partial charge is 0.449 e. The molecule has 2 amide bonds. The molecule has 1 aliphatic rings. The molecule has 0 radical (unpaired) electrons. The molecule has 0 N–H and O–H groups in total. The minimum atomic E-state index is -4.68. The normalized spacial score (nSPS) is 19.5. The van der Waals surface area contributed by atoms with E-state index < -0.39 is 30.1 Å². The number of carbonyl (C=O) groups excluding carboxylic acids is 3. The fourth-order valence-electron chi connectivity index (χ4n) is 2.21. The van der Waals surface area contributed by atoms with Gasteiger partial charge in [-0.1, -0.05) is 20.8 Å². The van der Waals surface area contributed by atoms with E-state index in [9.17, 15) is 27.6 Å². The van der Waals surface area contributed by atoms with Gasteiger partial charge in [-0.25, -0.2) is 4.79 Å². The van der Waals surface area contributed by atoms with E-state index in [0.29, 0.717) is 0 Å². The number of rotatable bonds is 1. The molecule has 1 fully saturated rings. The summed E-state index contributed by atoms with van der Waals surface area (Å²) in [7, 11) is 0. The number of hydrogen-bond acceptors (Lipinski definition) is 4. The number of nitrogens with zero attached hydrogens (tertiary/aromatic N) is 2. The van der Waals surface area contributed by atoms with E-state index in [1.54, 1.807) is 32.6 Å². The number of carbonyl (C=O) groups is 3. The SMILES string of the molecule is CC1CN(C(=O)C(=O)OCC(F)(F)F)CCN1C(=O)C(C)(C)C. The van der Waals surface area contributed by atoms with Crippen LogP contribution in [0.2, 0.25) is 0 Å². The Morgan fingerprint density at radius 3 is 2.13 bits per heavy atom. The Morgan fingerprint density at radius 1 is 1.13 bits per heavy atom. The van der Waals surface area contributed by atoms with Gasteiger partial charge in [-0.15, -0.1) is 0 Å². The molecule has 0 aromatic heterocycles. The number of ether oxygens (including phenoxy) is 1.